The number of amides is 1. The summed E-state index contributed by atoms with van der Waals surface area (Å²) in [5.74, 6) is 0.668. The number of rotatable bonds is 4. The van der Waals surface area contributed by atoms with E-state index in [4.69, 9.17) is 5.11 Å². The summed E-state index contributed by atoms with van der Waals surface area (Å²) in [6.07, 6.45) is 8.23. The maximum atomic E-state index is 11.6. The number of hydrogen-bond donors (Lipinski definition) is 2. The van der Waals surface area contributed by atoms with E-state index in [9.17, 15) is 4.79 Å². The van der Waals surface area contributed by atoms with Crippen LogP contribution in [0.15, 0.2) is 0 Å². The molecule has 0 bridgehead atoms. The molecule has 0 aromatic heterocycles. The molecule has 15 heavy (non-hydrogen) atoms. The molecule has 1 saturated carbocycles. The third-order valence-corrected chi connectivity index (χ3v) is 3.13. The van der Waals surface area contributed by atoms with Crippen LogP contribution in [0.2, 0.25) is 0 Å². The lowest BCUT2D eigenvalue weighted by molar-refractivity contribution is -0.123. The van der Waals surface area contributed by atoms with Gasteiger partial charge >= 0.3 is 0 Å². The van der Waals surface area contributed by atoms with Gasteiger partial charge < -0.3 is 10.4 Å². The van der Waals surface area contributed by atoms with Gasteiger partial charge in [-0.25, -0.2) is 0 Å². The van der Waals surface area contributed by atoms with Gasteiger partial charge in [0.2, 0.25) is 5.91 Å². The summed E-state index contributed by atoms with van der Waals surface area (Å²) in [5.41, 5.74) is 0. The molecule has 0 heterocycles. The van der Waals surface area contributed by atoms with Crippen molar-refractivity contribution in [2.24, 2.45) is 5.92 Å². The van der Waals surface area contributed by atoms with Gasteiger partial charge in [-0.15, -0.1) is 0 Å². The highest BCUT2D eigenvalue weighted by atomic mass is 16.3. The highest BCUT2D eigenvalue weighted by Gasteiger charge is 2.16. The summed E-state index contributed by atoms with van der Waals surface area (Å²) < 4.78 is 0. The lowest BCUT2D eigenvalue weighted by Gasteiger charge is -2.16. The van der Waals surface area contributed by atoms with Gasteiger partial charge in [-0.1, -0.05) is 25.7 Å². The Morgan fingerprint density at radius 3 is 2.47 bits per heavy atom. The van der Waals surface area contributed by atoms with E-state index in [0.29, 0.717) is 12.3 Å². The summed E-state index contributed by atoms with van der Waals surface area (Å²) in [7, 11) is 0. The average molecular weight is 213 g/mol. The van der Waals surface area contributed by atoms with Gasteiger partial charge in [0.15, 0.2) is 0 Å². The molecular formula is C12H23NO2. The lowest BCUT2D eigenvalue weighted by Crippen LogP contribution is -2.35. The van der Waals surface area contributed by atoms with Crippen LogP contribution in [0.4, 0.5) is 0 Å². The fourth-order valence-electron chi connectivity index (χ4n) is 2.21. The van der Waals surface area contributed by atoms with Crippen LogP contribution in [-0.4, -0.2) is 23.7 Å². The predicted octanol–water partition coefficient (Wildman–Crippen LogP) is 1.84. The lowest BCUT2D eigenvalue weighted by atomic mass is 9.96. The largest absolute Gasteiger partial charge is 0.394 e. The molecule has 1 rings (SSSR count). The number of aliphatic hydroxyl groups excluding tert-OH is 1. The minimum Gasteiger partial charge on any atom is -0.394 e. The van der Waals surface area contributed by atoms with E-state index in [1.54, 1.807) is 0 Å². The van der Waals surface area contributed by atoms with E-state index in [1.165, 1.54) is 38.5 Å². The summed E-state index contributed by atoms with van der Waals surface area (Å²) in [6, 6.07) is -0.108. The Balaban J connectivity index is 2.23. The quantitative estimate of drug-likeness (QED) is 0.700. The van der Waals surface area contributed by atoms with Crippen molar-refractivity contribution in [1.29, 1.82) is 0 Å². The zero-order chi connectivity index (χ0) is 11.1. The van der Waals surface area contributed by atoms with Crippen molar-refractivity contribution in [3.8, 4) is 0 Å². The Bertz CT molecular complexity index is 186. The van der Waals surface area contributed by atoms with Crippen molar-refractivity contribution in [3.05, 3.63) is 0 Å². The molecule has 0 aliphatic heterocycles. The van der Waals surface area contributed by atoms with Gasteiger partial charge in [-0.2, -0.15) is 0 Å². The summed E-state index contributed by atoms with van der Waals surface area (Å²) in [4.78, 5) is 11.6. The molecule has 2 N–H and O–H groups in total. The molecule has 3 heteroatoms. The molecule has 0 saturated heterocycles. The van der Waals surface area contributed by atoms with Crippen LogP contribution in [-0.2, 0) is 4.79 Å². The minimum absolute atomic E-state index is 0.0242. The van der Waals surface area contributed by atoms with Crippen LogP contribution in [0.5, 0.6) is 0 Å². The molecule has 1 aliphatic rings. The van der Waals surface area contributed by atoms with Crippen LogP contribution >= 0.6 is 0 Å². The van der Waals surface area contributed by atoms with Gasteiger partial charge in [-0.05, 0) is 25.7 Å². The van der Waals surface area contributed by atoms with E-state index in [2.05, 4.69) is 5.32 Å². The maximum absolute atomic E-state index is 11.6. The molecule has 0 aromatic rings. The van der Waals surface area contributed by atoms with Gasteiger partial charge in [-0.3, -0.25) is 4.79 Å². The first-order chi connectivity index (χ1) is 7.22. The van der Waals surface area contributed by atoms with Gasteiger partial charge in [0.05, 0.1) is 6.61 Å². The van der Waals surface area contributed by atoms with Crippen molar-refractivity contribution in [2.75, 3.05) is 6.61 Å². The van der Waals surface area contributed by atoms with Gasteiger partial charge in [0.1, 0.15) is 0 Å². The molecule has 1 amide bonds. The second-order valence-corrected chi connectivity index (χ2v) is 4.71. The summed E-state index contributed by atoms with van der Waals surface area (Å²) in [5, 5.41) is 11.6. The van der Waals surface area contributed by atoms with Crippen molar-refractivity contribution < 1.29 is 9.90 Å². The number of carbonyl (C=O) groups is 1. The number of nitrogens with one attached hydrogen (secondary N) is 1. The Morgan fingerprint density at radius 1 is 1.33 bits per heavy atom. The van der Waals surface area contributed by atoms with Crippen molar-refractivity contribution >= 4 is 5.91 Å². The third kappa shape index (κ3) is 5.17. The summed E-state index contributed by atoms with van der Waals surface area (Å²) >= 11 is 0. The van der Waals surface area contributed by atoms with Crippen LogP contribution < -0.4 is 5.32 Å². The Morgan fingerprint density at radius 2 is 1.93 bits per heavy atom. The molecule has 1 atom stereocenters. The number of aliphatic hydroxyl groups is 1. The van der Waals surface area contributed by atoms with Gasteiger partial charge in [0.25, 0.3) is 0 Å². The molecule has 1 unspecified atom stereocenters. The Kier molecular flexibility index (Phi) is 5.69. The van der Waals surface area contributed by atoms with E-state index >= 15 is 0 Å². The topological polar surface area (TPSA) is 49.3 Å². The smallest absolute Gasteiger partial charge is 0.220 e. The Hall–Kier alpha value is -0.570. The molecule has 0 aromatic carbocycles. The highest BCUT2D eigenvalue weighted by Crippen LogP contribution is 2.25. The van der Waals surface area contributed by atoms with Crippen LogP contribution in [0, 0.1) is 5.92 Å². The SMILES string of the molecule is CC(CO)NC(=O)CC1CCCCCC1. The minimum atomic E-state index is -0.108. The van der Waals surface area contributed by atoms with Crippen molar-refractivity contribution in [1.82, 2.24) is 5.32 Å². The first-order valence-corrected chi connectivity index (χ1v) is 6.12. The molecule has 1 aliphatic carbocycles. The van der Waals surface area contributed by atoms with E-state index in [-0.39, 0.29) is 18.6 Å². The molecule has 3 nitrogen and oxygen atoms in total. The predicted molar refractivity (Wildman–Crippen MR) is 60.5 cm³/mol. The maximum Gasteiger partial charge on any atom is 0.220 e. The molecule has 88 valence electrons. The zero-order valence-electron chi connectivity index (χ0n) is 9.67. The fourth-order valence-corrected chi connectivity index (χ4v) is 2.21. The van der Waals surface area contributed by atoms with Crippen LogP contribution in [0.1, 0.15) is 51.9 Å². The molecule has 0 radical (unpaired) electrons. The molecule has 0 spiro atoms. The van der Waals surface area contributed by atoms with Crippen molar-refractivity contribution in [3.63, 3.8) is 0 Å². The second-order valence-electron chi connectivity index (χ2n) is 4.71. The average Bonchev–Trinajstić information content (AvgIpc) is 2.46. The summed E-state index contributed by atoms with van der Waals surface area (Å²) in [6.45, 7) is 1.85. The number of carbonyl (C=O) groups excluding carboxylic acids is 1. The zero-order valence-corrected chi connectivity index (χ0v) is 9.67. The van der Waals surface area contributed by atoms with Crippen LogP contribution in [0.3, 0.4) is 0 Å². The van der Waals surface area contributed by atoms with E-state index in [1.807, 2.05) is 6.92 Å². The van der Waals surface area contributed by atoms with E-state index < -0.39 is 0 Å². The standard InChI is InChI=1S/C12H23NO2/c1-10(9-14)13-12(15)8-11-6-4-2-3-5-7-11/h10-11,14H,2-9H2,1H3,(H,13,15). The first-order valence-electron chi connectivity index (χ1n) is 6.12. The van der Waals surface area contributed by atoms with Crippen molar-refractivity contribution in [2.45, 2.75) is 57.9 Å². The van der Waals surface area contributed by atoms with Crippen LogP contribution in [0.25, 0.3) is 0 Å². The highest BCUT2D eigenvalue weighted by molar-refractivity contribution is 5.76. The van der Waals surface area contributed by atoms with Gasteiger partial charge in [0, 0.05) is 12.5 Å². The third-order valence-electron chi connectivity index (χ3n) is 3.13. The Labute approximate surface area is 92.3 Å². The molecule has 1 fully saturated rings. The second kappa shape index (κ2) is 6.83. The monoisotopic (exact) mass is 213 g/mol. The molecular weight excluding hydrogens is 190 g/mol. The number of hydrogen-bond acceptors (Lipinski definition) is 2. The fraction of sp³-hybridized carbons (Fsp3) is 0.917. The van der Waals surface area contributed by atoms with E-state index in [0.717, 1.165) is 0 Å². The normalized spacial score (nSPS) is 20.7. The first kappa shape index (κ1) is 12.5.